The average molecular weight is 187 g/mol. The van der Waals surface area contributed by atoms with Crippen LogP contribution >= 0.6 is 0 Å². The highest BCUT2D eigenvalue weighted by Crippen LogP contribution is 2.31. The fourth-order valence-electron chi connectivity index (χ4n) is 1.77. The van der Waals surface area contributed by atoms with E-state index in [4.69, 9.17) is 0 Å². The molecule has 2 heterocycles. The van der Waals surface area contributed by atoms with Crippen molar-refractivity contribution >= 4 is 5.69 Å². The zero-order chi connectivity index (χ0) is 9.38. The number of hydrogen-bond acceptors (Lipinski definition) is 4. The lowest BCUT2D eigenvalue weighted by atomic mass is 10.1. The summed E-state index contributed by atoms with van der Waals surface area (Å²) in [4.78, 5) is 0. The van der Waals surface area contributed by atoms with Crippen molar-refractivity contribution in [3.63, 3.8) is 0 Å². The van der Waals surface area contributed by atoms with Crippen molar-refractivity contribution in [3.05, 3.63) is 35.7 Å². The Morgan fingerprint density at radius 3 is 3.00 bits per heavy atom. The van der Waals surface area contributed by atoms with Gasteiger partial charge in [-0.1, -0.05) is 23.4 Å². The first-order valence-electron chi connectivity index (χ1n) is 4.51. The zero-order valence-corrected chi connectivity index (χ0v) is 7.44. The van der Waals surface area contributed by atoms with E-state index in [-0.39, 0.29) is 6.04 Å². The first-order valence-corrected chi connectivity index (χ1v) is 4.51. The predicted octanol–water partition coefficient (Wildman–Crippen LogP) is 0.909. The van der Waals surface area contributed by atoms with Gasteiger partial charge in [-0.3, -0.25) is 0 Å². The summed E-state index contributed by atoms with van der Waals surface area (Å²) in [5.41, 5.74) is 2.48. The SMILES string of the molecule is c1ccc2c(c1)C[C@@H](c1nn[nH]n1)N2. The van der Waals surface area contributed by atoms with Gasteiger partial charge < -0.3 is 5.32 Å². The molecule has 14 heavy (non-hydrogen) atoms. The molecule has 0 fully saturated rings. The van der Waals surface area contributed by atoms with Gasteiger partial charge in [0, 0.05) is 12.1 Å². The van der Waals surface area contributed by atoms with Gasteiger partial charge in [0.1, 0.15) is 0 Å². The van der Waals surface area contributed by atoms with Crippen molar-refractivity contribution in [2.75, 3.05) is 5.32 Å². The molecule has 3 rings (SSSR count). The Balaban J connectivity index is 1.92. The van der Waals surface area contributed by atoms with Gasteiger partial charge >= 0.3 is 0 Å². The third kappa shape index (κ3) is 1.06. The van der Waals surface area contributed by atoms with Gasteiger partial charge in [0.15, 0.2) is 5.82 Å². The second-order valence-corrected chi connectivity index (χ2v) is 3.33. The molecule has 0 amide bonds. The Bertz CT molecular complexity index is 411. The third-order valence-electron chi connectivity index (χ3n) is 2.44. The van der Waals surface area contributed by atoms with Crippen LogP contribution in [0.5, 0.6) is 0 Å². The smallest absolute Gasteiger partial charge is 0.196 e. The average Bonchev–Trinajstić information content (AvgIpc) is 2.86. The number of nitrogens with one attached hydrogen (secondary N) is 2. The van der Waals surface area contributed by atoms with E-state index in [1.54, 1.807) is 0 Å². The molecule has 0 bridgehead atoms. The van der Waals surface area contributed by atoms with Crippen molar-refractivity contribution in [3.8, 4) is 0 Å². The number of fused-ring (bicyclic) bond motifs is 1. The molecule has 1 aliphatic heterocycles. The first-order chi connectivity index (χ1) is 6.93. The Morgan fingerprint density at radius 1 is 1.29 bits per heavy atom. The standard InChI is InChI=1S/C9H9N5/c1-2-4-7-6(3-1)5-8(10-7)9-11-13-14-12-9/h1-4,8,10H,5H2,(H,11,12,13,14)/t8-/m0/s1. The Hall–Kier alpha value is -1.91. The molecule has 2 aromatic rings. The second kappa shape index (κ2) is 2.80. The van der Waals surface area contributed by atoms with Crippen molar-refractivity contribution in [2.45, 2.75) is 12.5 Å². The molecule has 70 valence electrons. The van der Waals surface area contributed by atoms with E-state index < -0.39 is 0 Å². The molecule has 1 atom stereocenters. The molecular weight excluding hydrogens is 178 g/mol. The fourth-order valence-corrected chi connectivity index (χ4v) is 1.77. The minimum atomic E-state index is 0.158. The lowest BCUT2D eigenvalue weighted by molar-refractivity contribution is 0.751. The molecule has 0 unspecified atom stereocenters. The number of tetrazole rings is 1. The van der Waals surface area contributed by atoms with Gasteiger partial charge in [0.05, 0.1) is 6.04 Å². The molecule has 0 aliphatic carbocycles. The third-order valence-corrected chi connectivity index (χ3v) is 2.44. The van der Waals surface area contributed by atoms with Crippen molar-refractivity contribution < 1.29 is 0 Å². The predicted molar refractivity (Wildman–Crippen MR) is 50.7 cm³/mol. The van der Waals surface area contributed by atoms with Crippen LogP contribution in [0.3, 0.4) is 0 Å². The molecular formula is C9H9N5. The van der Waals surface area contributed by atoms with Crippen LogP contribution in [-0.4, -0.2) is 20.6 Å². The number of anilines is 1. The minimum Gasteiger partial charge on any atom is -0.374 e. The van der Waals surface area contributed by atoms with Crippen LogP contribution in [0.2, 0.25) is 0 Å². The Labute approximate surface area is 80.5 Å². The highest BCUT2D eigenvalue weighted by Gasteiger charge is 2.24. The quantitative estimate of drug-likeness (QED) is 0.696. The van der Waals surface area contributed by atoms with E-state index in [0.29, 0.717) is 0 Å². The molecule has 2 N–H and O–H groups in total. The number of benzene rings is 1. The van der Waals surface area contributed by atoms with Gasteiger partial charge in [-0.2, -0.15) is 5.21 Å². The Kier molecular flexibility index (Phi) is 1.50. The number of aromatic nitrogens is 4. The molecule has 0 spiro atoms. The molecule has 1 aromatic heterocycles. The van der Waals surface area contributed by atoms with Crippen LogP contribution in [0.1, 0.15) is 17.4 Å². The summed E-state index contributed by atoms with van der Waals surface area (Å²) in [6.07, 6.45) is 0.926. The van der Waals surface area contributed by atoms with Crippen molar-refractivity contribution in [1.82, 2.24) is 20.6 Å². The van der Waals surface area contributed by atoms with Gasteiger partial charge in [-0.25, -0.2) is 0 Å². The summed E-state index contributed by atoms with van der Waals surface area (Å²) in [5.74, 6) is 0.723. The number of hydrogen-bond donors (Lipinski definition) is 2. The van der Waals surface area contributed by atoms with E-state index in [0.717, 1.165) is 12.2 Å². The molecule has 0 radical (unpaired) electrons. The second-order valence-electron chi connectivity index (χ2n) is 3.33. The summed E-state index contributed by atoms with van der Waals surface area (Å²) in [6.45, 7) is 0. The summed E-state index contributed by atoms with van der Waals surface area (Å²) in [7, 11) is 0. The summed E-state index contributed by atoms with van der Waals surface area (Å²) in [6, 6.07) is 8.40. The largest absolute Gasteiger partial charge is 0.374 e. The molecule has 0 saturated carbocycles. The molecule has 5 nitrogen and oxygen atoms in total. The van der Waals surface area contributed by atoms with Crippen molar-refractivity contribution in [2.24, 2.45) is 0 Å². The van der Waals surface area contributed by atoms with E-state index in [1.165, 1.54) is 11.3 Å². The Morgan fingerprint density at radius 2 is 2.21 bits per heavy atom. The van der Waals surface area contributed by atoms with E-state index in [9.17, 15) is 0 Å². The van der Waals surface area contributed by atoms with Gasteiger partial charge in [0.2, 0.25) is 0 Å². The van der Waals surface area contributed by atoms with Crippen LogP contribution < -0.4 is 5.32 Å². The van der Waals surface area contributed by atoms with Gasteiger partial charge in [-0.05, 0) is 11.6 Å². The van der Waals surface area contributed by atoms with Crippen LogP contribution in [0.15, 0.2) is 24.3 Å². The lowest BCUT2D eigenvalue weighted by Crippen LogP contribution is -2.07. The van der Waals surface area contributed by atoms with Crippen LogP contribution in [0, 0.1) is 0 Å². The molecule has 5 heteroatoms. The van der Waals surface area contributed by atoms with E-state index in [1.807, 2.05) is 12.1 Å². The zero-order valence-electron chi connectivity index (χ0n) is 7.44. The number of para-hydroxylation sites is 1. The van der Waals surface area contributed by atoms with Gasteiger partial charge in [0.25, 0.3) is 0 Å². The summed E-state index contributed by atoms with van der Waals surface area (Å²) < 4.78 is 0. The fraction of sp³-hybridized carbons (Fsp3) is 0.222. The maximum atomic E-state index is 3.97. The maximum Gasteiger partial charge on any atom is 0.196 e. The highest BCUT2D eigenvalue weighted by molar-refractivity contribution is 5.56. The first kappa shape index (κ1) is 7.49. The molecule has 1 aromatic carbocycles. The highest BCUT2D eigenvalue weighted by atomic mass is 15.5. The van der Waals surface area contributed by atoms with E-state index in [2.05, 4.69) is 38.1 Å². The van der Waals surface area contributed by atoms with Crippen molar-refractivity contribution in [1.29, 1.82) is 0 Å². The molecule has 0 saturated heterocycles. The van der Waals surface area contributed by atoms with Crippen LogP contribution in [0.4, 0.5) is 5.69 Å². The van der Waals surface area contributed by atoms with E-state index >= 15 is 0 Å². The maximum absolute atomic E-state index is 3.97. The minimum absolute atomic E-state index is 0.158. The number of H-pyrrole nitrogens is 1. The number of nitrogens with zero attached hydrogens (tertiary/aromatic N) is 3. The van der Waals surface area contributed by atoms with Crippen LogP contribution in [0.25, 0.3) is 0 Å². The summed E-state index contributed by atoms with van der Waals surface area (Å²) >= 11 is 0. The summed E-state index contributed by atoms with van der Waals surface area (Å²) in [5, 5.41) is 17.3. The van der Waals surface area contributed by atoms with Crippen LogP contribution in [-0.2, 0) is 6.42 Å². The topological polar surface area (TPSA) is 66.5 Å². The monoisotopic (exact) mass is 187 g/mol. The number of rotatable bonds is 1. The number of aromatic amines is 1. The van der Waals surface area contributed by atoms with Gasteiger partial charge in [-0.15, -0.1) is 10.2 Å². The molecule has 1 aliphatic rings. The lowest BCUT2D eigenvalue weighted by Gasteiger charge is -2.04. The normalized spacial score (nSPS) is 19.0.